The maximum absolute atomic E-state index is 8.98. The summed E-state index contributed by atoms with van der Waals surface area (Å²) >= 11 is 0. The van der Waals surface area contributed by atoms with Crippen LogP contribution in [0.15, 0.2) is 0 Å². The van der Waals surface area contributed by atoms with Crippen LogP contribution in [0.3, 0.4) is 0 Å². The molecule has 92 valence electrons. The average molecular weight is 225 g/mol. The highest BCUT2D eigenvalue weighted by atomic mass is 16.3. The van der Waals surface area contributed by atoms with Crippen molar-refractivity contribution in [1.82, 2.24) is 9.80 Å². The van der Waals surface area contributed by atoms with Crippen molar-refractivity contribution in [3.05, 3.63) is 0 Å². The number of aliphatic hydroxyl groups excluding tert-OH is 1. The van der Waals surface area contributed by atoms with Crippen molar-refractivity contribution in [1.29, 1.82) is 5.26 Å². The first-order chi connectivity index (χ1) is 7.35. The molecule has 0 spiro atoms. The van der Waals surface area contributed by atoms with Gasteiger partial charge in [0, 0.05) is 25.2 Å². The Morgan fingerprint density at radius 1 is 1.44 bits per heavy atom. The van der Waals surface area contributed by atoms with Gasteiger partial charge in [0.25, 0.3) is 0 Å². The molecule has 0 aromatic rings. The molecule has 0 bridgehead atoms. The second-order valence-corrected chi connectivity index (χ2v) is 5.73. The van der Waals surface area contributed by atoms with Gasteiger partial charge in [-0.05, 0) is 27.8 Å². The third-order valence-electron chi connectivity index (χ3n) is 3.57. The third kappa shape index (κ3) is 2.54. The Hall–Kier alpha value is -0.630. The number of rotatable bonds is 4. The van der Waals surface area contributed by atoms with Gasteiger partial charge in [0.1, 0.15) is 0 Å². The highest BCUT2D eigenvalue weighted by Gasteiger charge is 2.48. The molecule has 4 heteroatoms. The van der Waals surface area contributed by atoms with Crippen LogP contribution in [0.2, 0.25) is 0 Å². The molecule has 0 atom stereocenters. The molecule has 0 radical (unpaired) electrons. The molecule has 0 aliphatic carbocycles. The summed E-state index contributed by atoms with van der Waals surface area (Å²) in [5.74, 6) is 0. The molecule has 1 rings (SSSR count). The first-order valence-corrected chi connectivity index (χ1v) is 5.80. The summed E-state index contributed by atoms with van der Waals surface area (Å²) in [5, 5.41) is 17.9. The molecular formula is C12H23N3O. The molecule has 1 aliphatic heterocycles. The predicted octanol–water partition coefficient (Wildman–Crippen LogP) is 0.677. The van der Waals surface area contributed by atoms with E-state index in [1.165, 1.54) is 0 Å². The predicted molar refractivity (Wildman–Crippen MR) is 64.0 cm³/mol. The summed E-state index contributed by atoms with van der Waals surface area (Å²) in [6.07, 6.45) is 0.538. The summed E-state index contributed by atoms with van der Waals surface area (Å²) in [7, 11) is 1.99. The fourth-order valence-corrected chi connectivity index (χ4v) is 2.16. The highest BCUT2D eigenvalue weighted by molar-refractivity contribution is 5.10. The summed E-state index contributed by atoms with van der Waals surface area (Å²) in [5.41, 5.74) is 0.115. The van der Waals surface area contributed by atoms with Crippen molar-refractivity contribution in [2.75, 3.05) is 33.3 Å². The van der Waals surface area contributed by atoms with E-state index < -0.39 is 0 Å². The molecule has 0 unspecified atom stereocenters. The van der Waals surface area contributed by atoms with Gasteiger partial charge in [0.2, 0.25) is 0 Å². The van der Waals surface area contributed by atoms with Gasteiger partial charge in [0.15, 0.2) is 0 Å². The molecule has 16 heavy (non-hydrogen) atoms. The highest BCUT2D eigenvalue weighted by Crippen LogP contribution is 2.34. The number of nitriles is 1. The van der Waals surface area contributed by atoms with Crippen LogP contribution >= 0.6 is 0 Å². The van der Waals surface area contributed by atoms with E-state index >= 15 is 0 Å². The monoisotopic (exact) mass is 225 g/mol. The van der Waals surface area contributed by atoms with Crippen LogP contribution in [0.25, 0.3) is 0 Å². The second-order valence-electron chi connectivity index (χ2n) is 5.73. The standard InChI is InChI=1S/C12H23N3O/c1-11(2,3)15-9-12(10-15,5-6-13)14(4)7-8-16/h16H,5,7-10H2,1-4H3. The Bertz CT molecular complexity index is 271. The van der Waals surface area contributed by atoms with Gasteiger partial charge in [0.05, 0.1) is 24.6 Å². The Morgan fingerprint density at radius 3 is 2.38 bits per heavy atom. The maximum atomic E-state index is 8.98. The number of hydrogen-bond acceptors (Lipinski definition) is 4. The number of likely N-dealkylation sites (tertiary alicyclic amines) is 1. The second kappa shape index (κ2) is 4.70. The molecule has 1 saturated heterocycles. The van der Waals surface area contributed by atoms with Gasteiger partial charge in [-0.15, -0.1) is 0 Å². The van der Waals surface area contributed by atoms with Crippen LogP contribution in [0, 0.1) is 11.3 Å². The largest absolute Gasteiger partial charge is 0.395 e. The van der Waals surface area contributed by atoms with Crippen LogP contribution in [0.4, 0.5) is 0 Å². The molecular weight excluding hydrogens is 202 g/mol. The molecule has 0 aromatic carbocycles. The lowest BCUT2D eigenvalue weighted by Crippen LogP contribution is -2.72. The van der Waals surface area contributed by atoms with Gasteiger partial charge in [-0.2, -0.15) is 5.26 Å². The van der Waals surface area contributed by atoms with E-state index in [0.717, 1.165) is 13.1 Å². The zero-order chi connectivity index (χ0) is 12.4. The van der Waals surface area contributed by atoms with Crippen LogP contribution in [-0.2, 0) is 0 Å². The van der Waals surface area contributed by atoms with Crippen LogP contribution in [-0.4, -0.2) is 59.3 Å². The summed E-state index contributed by atoms with van der Waals surface area (Å²) in [6.45, 7) is 9.19. The van der Waals surface area contributed by atoms with Crippen molar-refractivity contribution < 1.29 is 5.11 Å². The van der Waals surface area contributed by atoms with Crippen molar-refractivity contribution in [2.24, 2.45) is 0 Å². The SMILES string of the molecule is CN(CCO)C1(CC#N)CN(C(C)(C)C)C1. The Balaban J connectivity index is 2.64. The van der Waals surface area contributed by atoms with E-state index in [9.17, 15) is 0 Å². The number of β-amino-alcohol motifs (C(OH)–C–C–N with tert-alkyl or cyclic N) is 1. The van der Waals surface area contributed by atoms with Gasteiger partial charge < -0.3 is 5.11 Å². The van der Waals surface area contributed by atoms with E-state index in [2.05, 4.69) is 36.6 Å². The molecule has 1 N–H and O–H groups in total. The molecule has 1 heterocycles. The van der Waals surface area contributed by atoms with Crippen molar-refractivity contribution in [2.45, 2.75) is 38.3 Å². The fraction of sp³-hybridized carbons (Fsp3) is 0.917. The van der Waals surface area contributed by atoms with Crippen LogP contribution in [0.1, 0.15) is 27.2 Å². The first-order valence-electron chi connectivity index (χ1n) is 5.80. The number of aliphatic hydroxyl groups is 1. The van der Waals surface area contributed by atoms with Crippen LogP contribution < -0.4 is 0 Å². The van der Waals surface area contributed by atoms with E-state index in [1.54, 1.807) is 0 Å². The molecule has 0 aromatic heterocycles. The van der Waals surface area contributed by atoms with E-state index in [0.29, 0.717) is 13.0 Å². The fourth-order valence-electron chi connectivity index (χ4n) is 2.16. The lowest BCUT2D eigenvalue weighted by atomic mass is 9.81. The van der Waals surface area contributed by atoms with Crippen molar-refractivity contribution in [3.8, 4) is 6.07 Å². The lowest BCUT2D eigenvalue weighted by molar-refractivity contribution is -0.0855. The minimum atomic E-state index is -0.0508. The normalized spacial score (nSPS) is 20.6. The molecule has 0 amide bonds. The lowest BCUT2D eigenvalue weighted by Gasteiger charge is -2.58. The van der Waals surface area contributed by atoms with Gasteiger partial charge in [-0.3, -0.25) is 9.80 Å². The zero-order valence-corrected chi connectivity index (χ0v) is 10.8. The smallest absolute Gasteiger partial charge is 0.0642 e. The van der Waals surface area contributed by atoms with E-state index in [1.807, 2.05) is 7.05 Å². The van der Waals surface area contributed by atoms with Crippen LogP contribution in [0.5, 0.6) is 0 Å². The quantitative estimate of drug-likeness (QED) is 0.764. The number of hydrogen-bond donors (Lipinski definition) is 1. The third-order valence-corrected chi connectivity index (χ3v) is 3.57. The number of nitrogens with zero attached hydrogens (tertiary/aromatic N) is 3. The topological polar surface area (TPSA) is 50.5 Å². The summed E-state index contributed by atoms with van der Waals surface area (Å²) in [6, 6.07) is 2.27. The minimum Gasteiger partial charge on any atom is -0.395 e. The molecule has 0 saturated carbocycles. The van der Waals surface area contributed by atoms with Gasteiger partial charge in [-0.1, -0.05) is 0 Å². The molecule has 1 fully saturated rings. The van der Waals surface area contributed by atoms with E-state index in [4.69, 9.17) is 10.4 Å². The maximum Gasteiger partial charge on any atom is 0.0642 e. The number of likely N-dealkylation sites (N-methyl/N-ethyl adjacent to an activating group) is 1. The molecule has 4 nitrogen and oxygen atoms in total. The van der Waals surface area contributed by atoms with Gasteiger partial charge >= 0.3 is 0 Å². The molecule has 1 aliphatic rings. The average Bonchev–Trinajstić information content (AvgIpc) is 2.08. The van der Waals surface area contributed by atoms with E-state index in [-0.39, 0.29) is 17.7 Å². The van der Waals surface area contributed by atoms with Crippen molar-refractivity contribution >= 4 is 0 Å². The first kappa shape index (κ1) is 13.4. The Labute approximate surface area is 98.5 Å². The Morgan fingerprint density at radius 2 is 2.00 bits per heavy atom. The summed E-state index contributed by atoms with van der Waals surface area (Å²) in [4.78, 5) is 4.50. The minimum absolute atomic E-state index is 0.0508. The Kier molecular flexibility index (Phi) is 3.95. The van der Waals surface area contributed by atoms with Gasteiger partial charge in [-0.25, -0.2) is 0 Å². The zero-order valence-electron chi connectivity index (χ0n) is 10.8. The van der Waals surface area contributed by atoms with Crippen molar-refractivity contribution in [3.63, 3.8) is 0 Å². The summed E-state index contributed by atoms with van der Waals surface area (Å²) < 4.78 is 0.